The molecule has 0 saturated carbocycles. The number of aliphatic hydroxyl groups is 1. The molecule has 4 fully saturated rings. The number of aliphatic hydroxyl groups excluding tert-OH is 1. The van der Waals surface area contributed by atoms with Crippen molar-refractivity contribution >= 4 is 29.8 Å². The molecule has 4 saturated heterocycles. The van der Waals surface area contributed by atoms with Gasteiger partial charge in [0.2, 0.25) is 5.91 Å². The number of carbonyl (C=O) groups is 5. The molecule has 0 spiro atoms. The maximum absolute atomic E-state index is 13.7. The number of amides is 7. The van der Waals surface area contributed by atoms with Crippen LogP contribution in [0, 0.1) is 0 Å². The Morgan fingerprint density at radius 2 is 0.697 bits per heavy atom. The summed E-state index contributed by atoms with van der Waals surface area (Å²) >= 11 is 0. The topological polar surface area (TPSA) is 125 Å². The van der Waals surface area contributed by atoms with E-state index < -0.39 is 36.4 Å². The van der Waals surface area contributed by atoms with Crippen molar-refractivity contribution in [1.29, 1.82) is 0 Å². The number of hydrogen-bond acceptors (Lipinski definition) is 6. The van der Waals surface area contributed by atoms with Gasteiger partial charge in [-0.1, -0.05) is 182 Å². The lowest BCUT2D eigenvalue weighted by Crippen LogP contribution is -2.47. The molecule has 0 aliphatic carbocycles. The van der Waals surface area contributed by atoms with Crippen molar-refractivity contribution < 1.29 is 29.1 Å². The zero-order chi connectivity index (χ0) is 45.9. The fourth-order valence-corrected chi connectivity index (χ4v) is 9.86. The van der Waals surface area contributed by atoms with Crippen LogP contribution in [-0.4, -0.2) is 94.7 Å². The Labute approximate surface area is 384 Å². The summed E-state index contributed by atoms with van der Waals surface area (Å²) in [5.74, 6) is -0.855. The van der Waals surface area contributed by atoms with E-state index in [1.165, 1.54) is 9.80 Å². The first-order valence-electron chi connectivity index (χ1n) is 22.4. The standard InChI is InChI=1S/C27H27N3O3.C27H25N3O3/c2*1-19(22-15-9-4-10-16-22)30-25(31)23-24(26(30)32)29(18-21-13-7-3-8-14-21)27(33)28(23)17-20-11-5-2-6-12-20/h2-16,19,23-25,31H,17-18H2,1H3;2-16,19,23-24H,17-18H2,1H3/t19-,23?,24+,25?;19-,23+,24?/m11/s1. The first kappa shape index (κ1) is 43.7. The number of imide groups is 1. The molecule has 6 aromatic carbocycles. The van der Waals surface area contributed by atoms with Crippen molar-refractivity contribution in [2.24, 2.45) is 0 Å². The highest BCUT2D eigenvalue weighted by Crippen LogP contribution is 2.41. The minimum absolute atomic E-state index is 0.219. The molecule has 12 nitrogen and oxygen atoms in total. The van der Waals surface area contributed by atoms with E-state index in [1.807, 2.05) is 196 Å². The van der Waals surface area contributed by atoms with Crippen molar-refractivity contribution in [2.75, 3.05) is 0 Å². The minimum atomic E-state index is -1.09. The van der Waals surface area contributed by atoms with Crippen LogP contribution < -0.4 is 0 Å². The predicted octanol–water partition coefficient (Wildman–Crippen LogP) is 7.78. The molecule has 6 aromatic rings. The van der Waals surface area contributed by atoms with Gasteiger partial charge in [-0.3, -0.25) is 19.3 Å². The fraction of sp³-hybridized carbons (Fsp3) is 0.241. The van der Waals surface area contributed by atoms with Crippen LogP contribution in [0.3, 0.4) is 0 Å². The summed E-state index contributed by atoms with van der Waals surface area (Å²) in [5.41, 5.74) is 5.57. The monoisotopic (exact) mass is 880 g/mol. The molecule has 3 unspecified atom stereocenters. The average molecular weight is 881 g/mol. The molecule has 0 radical (unpaired) electrons. The number of urea groups is 2. The normalized spacial score (nSPS) is 22.1. The molecule has 10 rings (SSSR count). The quantitative estimate of drug-likeness (QED) is 0.125. The highest BCUT2D eigenvalue weighted by molar-refractivity contribution is 6.13. The molecule has 4 aliphatic heterocycles. The van der Waals surface area contributed by atoms with Gasteiger partial charge in [0.25, 0.3) is 11.8 Å². The third-order valence-electron chi connectivity index (χ3n) is 13.2. The van der Waals surface area contributed by atoms with E-state index >= 15 is 0 Å². The summed E-state index contributed by atoms with van der Waals surface area (Å²) in [4.78, 5) is 77.3. The molecular formula is C54H52N6O6. The molecule has 1 N–H and O–H groups in total. The second-order valence-electron chi connectivity index (χ2n) is 17.2. The van der Waals surface area contributed by atoms with Gasteiger partial charge in [0.1, 0.15) is 24.2 Å². The van der Waals surface area contributed by atoms with Crippen LogP contribution in [0.1, 0.15) is 59.3 Å². The number of fused-ring (bicyclic) bond motifs is 2. The Kier molecular flexibility index (Phi) is 12.5. The second-order valence-corrected chi connectivity index (χ2v) is 17.2. The largest absolute Gasteiger partial charge is 0.371 e. The summed E-state index contributed by atoms with van der Waals surface area (Å²) in [6, 6.07) is 53.4. The van der Waals surface area contributed by atoms with Gasteiger partial charge in [-0.2, -0.15) is 0 Å². The van der Waals surface area contributed by atoms with E-state index in [2.05, 4.69) is 0 Å². The van der Waals surface area contributed by atoms with Gasteiger partial charge in [0, 0.05) is 26.2 Å². The lowest BCUT2D eigenvalue weighted by molar-refractivity contribution is -0.143. The molecule has 334 valence electrons. The number of rotatable bonds is 12. The Hall–Kier alpha value is -7.57. The number of likely N-dealkylation sites (tertiary alicyclic amines) is 2. The van der Waals surface area contributed by atoms with E-state index in [-0.39, 0.29) is 48.9 Å². The smallest absolute Gasteiger partial charge is 0.322 e. The molecule has 4 heterocycles. The van der Waals surface area contributed by atoms with Crippen molar-refractivity contribution in [3.63, 3.8) is 0 Å². The minimum Gasteiger partial charge on any atom is -0.371 e. The third-order valence-corrected chi connectivity index (χ3v) is 13.2. The zero-order valence-electron chi connectivity index (χ0n) is 36.9. The molecule has 12 heteroatoms. The molecule has 0 bridgehead atoms. The summed E-state index contributed by atoms with van der Waals surface area (Å²) in [5, 5.41) is 11.4. The van der Waals surface area contributed by atoms with Crippen LogP contribution in [0.2, 0.25) is 0 Å². The first-order chi connectivity index (χ1) is 32.1. The van der Waals surface area contributed by atoms with E-state index in [4.69, 9.17) is 0 Å². The summed E-state index contributed by atoms with van der Waals surface area (Å²) in [6.07, 6.45) is -1.09. The van der Waals surface area contributed by atoms with Gasteiger partial charge in [-0.15, -0.1) is 0 Å². The Bertz CT molecular complexity index is 2590. The Balaban J connectivity index is 0.000000166. The van der Waals surface area contributed by atoms with Crippen molar-refractivity contribution in [3.05, 3.63) is 215 Å². The molecule has 0 aromatic heterocycles. The van der Waals surface area contributed by atoms with E-state index in [9.17, 15) is 29.1 Å². The van der Waals surface area contributed by atoms with Crippen LogP contribution in [0.4, 0.5) is 9.59 Å². The van der Waals surface area contributed by atoms with Crippen molar-refractivity contribution in [1.82, 2.24) is 29.4 Å². The zero-order valence-corrected chi connectivity index (χ0v) is 36.9. The molecule has 7 amide bonds. The van der Waals surface area contributed by atoms with Crippen LogP contribution in [-0.2, 0) is 40.6 Å². The summed E-state index contributed by atoms with van der Waals surface area (Å²) < 4.78 is 0. The molecule has 7 atom stereocenters. The highest BCUT2D eigenvalue weighted by atomic mass is 16.3. The number of nitrogens with zero attached hydrogens (tertiary/aromatic N) is 6. The van der Waals surface area contributed by atoms with E-state index in [0.717, 1.165) is 33.4 Å². The number of benzene rings is 6. The maximum Gasteiger partial charge on any atom is 0.322 e. The second kappa shape index (κ2) is 18.9. The van der Waals surface area contributed by atoms with Gasteiger partial charge in [-0.25, -0.2) is 9.59 Å². The SMILES string of the molecule is C[C@H](c1ccccc1)N1C(=O)C2[C@@H](C1=O)N(Cc1ccccc1)C(=O)N2Cc1ccccc1.C[C@H](c1ccccc1)N1C(=O)[C@@H]2C(C1O)N(Cc1ccccc1)C(=O)N2Cc1ccccc1. The van der Waals surface area contributed by atoms with Crippen LogP contribution in [0.25, 0.3) is 0 Å². The van der Waals surface area contributed by atoms with E-state index in [1.54, 1.807) is 19.6 Å². The fourth-order valence-electron chi connectivity index (χ4n) is 9.86. The number of hydrogen-bond donors (Lipinski definition) is 1. The number of carbonyl (C=O) groups excluding carboxylic acids is 5. The van der Waals surface area contributed by atoms with Gasteiger partial charge in [0.15, 0.2) is 6.23 Å². The van der Waals surface area contributed by atoms with E-state index in [0.29, 0.717) is 13.1 Å². The van der Waals surface area contributed by atoms with Gasteiger partial charge in [-0.05, 0) is 47.2 Å². The van der Waals surface area contributed by atoms with Gasteiger partial charge < -0.3 is 29.6 Å². The lowest BCUT2D eigenvalue weighted by atomic mass is 10.1. The third kappa shape index (κ3) is 8.31. The van der Waals surface area contributed by atoms with Crippen LogP contribution in [0.15, 0.2) is 182 Å². The molecule has 4 aliphatic rings. The van der Waals surface area contributed by atoms with Crippen LogP contribution in [0.5, 0.6) is 0 Å². The lowest BCUT2D eigenvalue weighted by Gasteiger charge is -2.33. The average Bonchev–Trinajstić information content (AvgIpc) is 3.98. The predicted molar refractivity (Wildman–Crippen MR) is 248 cm³/mol. The van der Waals surface area contributed by atoms with Gasteiger partial charge >= 0.3 is 12.1 Å². The first-order valence-corrected chi connectivity index (χ1v) is 22.4. The van der Waals surface area contributed by atoms with Gasteiger partial charge in [0.05, 0.1) is 12.1 Å². The van der Waals surface area contributed by atoms with Crippen molar-refractivity contribution in [2.45, 2.75) is 82.5 Å². The van der Waals surface area contributed by atoms with Crippen molar-refractivity contribution in [3.8, 4) is 0 Å². The highest BCUT2D eigenvalue weighted by Gasteiger charge is 2.62. The van der Waals surface area contributed by atoms with Crippen LogP contribution >= 0.6 is 0 Å². The summed E-state index contributed by atoms with van der Waals surface area (Å²) in [6.45, 7) is 4.99. The Morgan fingerprint density at radius 3 is 1.08 bits per heavy atom. The molecular weight excluding hydrogens is 829 g/mol. The molecule has 66 heavy (non-hydrogen) atoms. The maximum atomic E-state index is 13.7. The Morgan fingerprint density at radius 1 is 0.394 bits per heavy atom. The summed E-state index contributed by atoms with van der Waals surface area (Å²) in [7, 11) is 0.